The highest BCUT2D eigenvalue weighted by Gasteiger charge is 2.30. The molecule has 1 saturated heterocycles. The van der Waals surface area contributed by atoms with Crippen molar-refractivity contribution in [2.45, 2.75) is 33.6 Å². The third-order valence-corrected chi connectivity index (χ3v) is 4.59. The molecule has 1 heterocycles. The third-order valence-electron chi connectivity index (χ3n) is 4.25. The van der Waals surface area contributed by atoms with E-state index >= 15 is 0 Å². The molecule has 1 aliphatic rings. The summed E-state index contributed by atoms with van der Waals surface area (Å²) in [7, 11) is 0. The zero-order valence-electron chi connectivity index (χ0n) is 12.4. The topological polar surface area (TPSA) is 46.3 Å². The van der Waals surface area contributed by atoms with Crippen molar-refractivity contribution in [3.8, 4) is 0 Å². The zero-order chi connectivity index (χ0) is 14.9. The molecule has 1 aromatic carbocycles. The summed E-state index contributed by atoms with van der Waals surface area (Å²) in [6.45, 7) is 8.46. The molecule has 0 spiro atoms. The van der Waals surface area contributed by atoms with E-state index in [9.17, 15) is 4.79 Å². The smallest absolute Gasteiger partial charge is 0.253 e. The first-order valence-electron chi connectivity index (χ1n) is 7.13. The van der Waals surface area contributed by atoms with Gasteiger partial charge in [0.25, 0.3) is 5.91 Å². The number of hydrogen-bond acceptors (Lipinski definition) is 2. The first-order chi connectivity index (χ1) is 9.29. The molecule has 0 radical (unpaired) electrons. The van der Waals surface area contributed by atoms with Crippen LogP contribution in [0.25, 0.3) is 0 Å². The van der Waals surface area contributed by atoms with Crippen LogP contribution in [-0.4, -0.2) is 23.9 Å². The molecule has 1 fully saturated rings. The molecular formula is C16H23ClN2O. The molecule has 3 nitrogen and oxygen atoms in total. The highest BCUT2D eigenvalue weighted by atomic mass is 35.5. The number of hydrogen-bond donors (Lipinski definition) is 1. The number of nitrogens with two attached hydrogens (primary N) is 1. The lowest BCUT2D eigenvalue weighted by molar-refractivity contribution is 0.0609. The average Bonchev–Trinajstić information content (AvgIpc) is 2.40. The van der Waals surface area contributed by atoms with Crippen molar-refractivity contribution in [3.05, 3.63) is 28.8 Å². The van der Waals surface area contributed by atoms with Crippen molar-refractivity contribution in [1.82, 2.24) is 4.90 Å². The molecule has 4 heteroatoms. The Hall–Kier alpha value is -1.22. The molecule has 0 aliphatic carbocycles. The predicted octanol–water partition coefficient (Wildman–Crippen LogP) is 3.82. The van der Waals surface area contributed by atoms with Crippen molar-refractivity contribution in [3.63, 3.8) is 0 Å². The van der Waals surface area contributed by atoms with Gasteiger partial charge in [-0.25, -0.2) is 0 Å². The fraction of sp³-hybridized carbons (Fsp3) is 0.562. The highest BCUT2D eigenvalue weighted by Crippen LogP contribution is 2.34. The minimum atomic E-state index is 0.0562. The van der Waals surface area contributed by atoms with E-state index in [0.717, 1.165) is 25.9 Å². The SMILES string of the molecule is CC(C)(C)C1CCN(C(=O)c2ccc(Cl)c(N)c2)CC1. The monoisotopic (exact) mass is 294 g/mol. The summed E-state index contributed by atoms with van der Waals surface area (Å²) in [5.74, 6) is 0.738. The second kappa shape index (κ2) is 5.65. The van der Waals surface area contributed by atoms with Crippen LogP contribution in [0.3, 0.4) is 0 Å². The molecule has 20 heavy (non-hydrogen) atoms. The largest absolute Gasteiger partial charge is 0.398 e. The fourth-order valence-corrected chi connectivity index (χ4v) is 2.93. The Morgan fingerprint density at radius 2 is 1.90 bits per heavy atom. The fourth-order valence-electron chi connectivity index (χ4n) is 2.81. The molecule has 0 unspecified atom stereocenters. The van der Waals surface area contributed by atoms with E-state index in [1.807, 2.05) is 4.90 Å². The van der Waals surface area contributed by atoms with Gasteiger partial charge >= 0.3 is 0 Å². The van der Waals surface area contributed by atoms with E-state index < -0.39 is 0 Å². The molecule has 0 aromatic heterocycles. The number of nitrogen functional groups attached to an aromatic ring is 1. The maximum Gasteiger partial charge on any atom is 0.253 e. The van der Waals surface area contributed by atoms with Gasteiger partial charge in [0.15, 0.2) is 0 Å². The number of carbonyl (C=O) groups is 1. The highest BCUT2D eigenvalue weighted by molar-refractivity contribution is 6.33. The van der Waals surface area contributed by atoms with E-state index in [2.05, 4.69) is 20.8 Å². The van der Waals surface area contributed by atoms with Gasteiger partial charge in [0.05, 0.1) is 10.7 Å². The normalized spacial score (nSPS) is 17.3. The second-order valence-corrected chi connectivity index (χ2v) is 7.08. The summed E-state index contributed by atoms with van der Waals surface area (Å²) in [6, 6.07) is 5.10. The summed E-state index contributed by atoms with van der Waals surface area (Å²) >= 11 is 5.89. The second-order valence-electron chi connectivity index (χ2n) is 6.67. The number of benzene rings is 1. The number of piperidine rings is 1. The predicted molar refractivity (Wildman–Crippen MR) is 83.9 cm³/mol. The summed E-state index contributed by atoms with van der Waals surface area (Å²) in [5, 5.41) is 0.494. The van der Waals surface area contributed by atoms with Gasteiger partial charge in [-0.2, -0.15) is 0 Å². The van der Waals surface area contributed by atoms with E-state index in [1.165, 1.54) is 0 Å². The van der Waals surface area contributed by atoms with Gasteiger partial charge in [-0.15, -0.1) is 0 Å². The molecule has 0 atom stereocenters. The number of nitrogens with zero attached hydrogens (tertiary/aromatic N) is 1. The first kappa shape index (κ1) is 15.2. The van der Waals surface area contributed by atoms with E-state index in [1.54, 1.807) is 18.2 Å². The maximum absolute atomic E-state index is 12.4. The Morgan fingerprint density at radius 3 is 2.40 bits per heavy atom. The third kappa shape index (κ3) is 3.26. The van der Waals surface area contributed by atoms with E-state index in [4.69, 9.17) is 17.3 Å². The van der Waals surface area contributed by atoms with E-state index in [-0.39, 0.29) is 5.91 Å². The molecule has 0 bridgehead atoms. The summed E-state index contributed by atoms with van der Waals surface area (Å²) in [6.07, 6.45) is 2.14. The minimum absolute atomic E-state index is 0.0562. The Balaban J connectivity index is 2.03. The summed E-state index contributed by atoms with van der Waals surface area (Å²) in [5.41, 5.74) is 7.17. The van der Waals surface area contributed by atoms with Crippen molar-refractivity contribution in [2.24, 2.45) is 11.3 Å². The van der Waals surface area contributed by atoms with Crippen molar-refractivity contribution >= 4 is 23.2 Å². The minimum Gasteiger partial charge on any atom is -0.398 e. The average molecular weight is 295 g/mol. The van der Waals surface area contributed by atoms with Crippen LogP contribution in [0.4, 0.5) is 5.69 Å². The van der Waals surface area contributed by atoms with Crippen molar-refractivity contribution < 1.29 is 4.79 Å². The Bertz CT molecular complexity index is 500. The van der Waals surface area contributed by atoms with Crippen LogP contribution in [0.15, 0.2) is 18.2 Å². The lowest BCUT2D eigenvalue weighted by atomic mass is 9.75. The lowest BCUT2D eigenvalue weighted by Crippen LogP contribution is -2.41. The molecular weight excluding hydrogens is 272 g/mol. The Morgan fingerprint density at radius 1 is 1.30 bits per heavy atom. The molecule has 1 aromatic rings. The number of anilines is 1. The molecule has 2 rings (SSSR count). The lowest BCUT2D eigenvalue weighted by Gasteiger charge is -2.38. The Labute approximate surface area is 126 Å². The molecule has 0 saturated carbocycles. The summed E-state index contributed by atoms with van der Waals surface area (Å²) in [4.78, 5) is 14.4. The summed E-state index contributed by atoms with van der Waals surface area (Å²) < 4.78 is 0. The van der Waals surface area contributed by atoms with Gasteiger partial charge in [0, 0.05) is 18.7 Å². The van der Waals surface area contributed by atoms with Gasteiger partial charge in [0.2, 0.25) is 0 Å². The number of likely N-dealkylation sites (tertiary alicyclic amines) is 1. The van der Waals surface area contributed by atoms with Crippen molar-refractivity contribution in [2.75, 3.05) is 18.8 Å². The van der Waals surface area contributed by atoms with Gasteiger partial charge in [-0.1, -0.05) is 32.4 Å². The quantitative estimate of drug-likeness (QED) is 0.800. The molecule has 110 valence electrons. The van der Waals surface area contributed by atoms with Crippen LogP contribution in [0, 0.1) is 11.3 Å². The number of rotatable bonds is 1. The number of carbonyl (C=O) groups excluding carboxylic acids is 1. The Kier molecular flexibility index (Phi) is 4.28. The van der Waals surface area contributed by atoms with Crippen LogP contribution in [0.5, 0.6) is 0 Å². The van der Waals surface area contributed by atoms with Gasteiger partial charge in [-0.3, -0.25) is 4.79 Å². The van der Waals surface area contributed by atoms with Gasteiger partial charge < -0.3 is 10.6 Å². The van der Waals surface area contributed by atoms with Crippen LogP contribution in [0.2, 0.25) is 5.02 Å². The standard InChI is InChI=1S/C16H23ClN2O/c1-16(2,3)12-6-8-19(9-7-12)15(20)11-4-5-13(17)14(18)10-11/h4-5,10,12H,6-9,18H2,1-3H3. The van der Waals surface area contributed by atoms with Crippen LogP contribution < -0.4 is 5.73 Å². The molecule has 1 aliphatic heterocycles. The van der Waals surface area contributed by atoms with Crippen LogP contribution in [0.1, 0.15) is 44.0 Å². The number of amides is 1. The van der Waals surface area contributed by atoms with Gasteiger partial charge in [-0.05, 0) is 42.4 Å². The first-order valence-corrected chi connectivity index (χ1v) is 7.51. The van der Waals surface area contributed by atoms with Gasteiger partial charge in [0.1, 0.15) is 0 Å². The van der Waals surface area contributed by atoms with Crippen LogP contribution in [-0.2, 0) is 0 Å². The zero-order valence-corrected chi connectivity index (χ0v) is 13.2. The molecule has 2 N–H and O–H groups in total. The van der Waals surface area contributed by atoms with E-state index in [0.29, 0.717) is 27.6 Å². The molecule has 1 amide bonds. The maximum atomic E-state index is 12.4. The van der Waals surface area contributed by atoms with Crippen molar-refractivity contribution in [1.29, 1.82) is 0 Å². The number of halogens is 1. The van der Waals surface area contributed by atoms with Crippen LogP contribution >= 0.6 is 11.6 Å².